The summed E-state index contributed by atoms with van der Waals surface area (Å²) in [6, 6.07) is 7.12. The van der Waals surface area contributed by atoms with Crippen LogP contribution < -0.4 is 9.47 Å². The third-order valence-electron chi connectivity index (χ3n) is 4.19. The van der Waals surface area contributed by atoms with Gasteiger partial charge in [0.05, 0.1) is 20.3 Å². The molecule has 1 aliphatic heterocycles. The number of amides is 1. The number of likely N-dealkylation sites (tertiary alicyclic amines) is 1. The van der Waals surface area contributed by atoms with E-state index in [1.54, 1.807) is 23.1 Å². The van der Waals surface area contributed by atoms with Crippen molar-refractivity contribution in [1.82, 2.24) is 4.90 Å². The molecule has 1 amide bonds. The lowest BCUT2D eigenvalue weighted by Crippen LogP contribution is -2.41. The van der Waals surface area contributed by atoms with E-state index in [1.807, 2.05) is 6.07 Å². The van der Waals surface area contributed by atoms with E-state index in [9.17, 15) is 14.9 Å². The number of para-hydroxylation sites is 1. The van der Waals surface area contributed by atoms with Gasteiger partial charge in [-0.05, 0) is 37.5 Å². The number of carbonyl (C=O) groups is 2. The van der Waals surface area contributed by atoms with Gasteiger partial charge in [-0.3, -0.25) is 9.59 Å². The number of hydrogen-bond donors (Lipinski definition) is 0. The van der Waals surface area contributed by atoms with Crippen LogP contribution in [0.3, 0.4) is 0 Å². The average molecular weight is 342 g/mol. The zero-order valence-electron chi connectivity index (χ0n) is 14.5. The van der Waals surface area contributed by atoms with Crippen molar-refractivity contribution in [2.24, 2.45) is 5.92 Å². The number of hydrogen-bond acceptors (Lipinski definition) is 5. The van der Waals surface area contributed by atoms with Crippen molar-refractivity contribution in [1.29, 1.82) is 5.26 Å². The molecule has 1 aromatic carbocycles. The summed E-state index contributed by atoms with van der Waals surface area (Å²) in [5, 5.41) is 9.28. The van der Waals surface area contributed by atoms with E-state index in [0.29, 0.717) is 30.2 Å². The molecule has 1 saturated heterocycles. The maximum absolute atomic E-state index is 12.4. The number of piperidine rings is 1. The van der Waals surface area contributed by atoms with Gasteiger partial charge < -0.3 is 14.4 Å². The molecule has 0 aromatic heterocycles. The SMILES string of the molecule is COc1cccc(/C=C/C(=O)[C@H](C#N)C(=O)N2CCCCC2)c1OC. The summed E-state index contributed by atoms with van der Waals surface area (Å²) in [5.41, 5.74) is 0.636. The molecular weight excluding hydrogens is 320 g/mol. The van der Waals surface area contributed by atoms with E-state index < -0.39 is 17.6 Å². The van der Waals surface area contributed by atoms with E-state index in [0.717, 1.165) is 19.3 Å². The summed E-state index contributed by atoms with van der Waals surface area (Å²) in [7, 11) is 3.04. The number of rotatable bonds is 6. The number of nitrogens with zero attached hydrogens (tertiary/aromatic N) is 2. The number of methoxy groups -OCH3 is 2. The largest absolute Gasteiger partial charge is 0.493 e. The van der Waals surface area contributed by atoms with Crippen LogP contribution in [-0.4, -0.2) is 43.9 Å². The van der Waals surface area contributed by atoms with Crippen LogP contribution in [0, 0.1) is 17.2 Å². The van der Waals surface area contributed by atoms with Crippen LogP contribution >= 0.6 is 0 Å². The van der Waals surface area contributed by atoms with Gasteiger partial charge >= 0.3 is 0 Å². The Bertz CT molecular complexity index is 700. The zero-order valence-corrected chi connectivity index (χ0v) is 14.5. The molecule has 1 heterocycles. The van der Waals surface area contributed by atoms with E-state index in [2.05, 4.69) is 0 Å². The quantitative estimate of drug-likeness (QED) is 0.586. The number of benzene rings is 1. The zero-order chi connectivity index (χ0) is 18.2. The summed E-state index contributed by atoms with van der Waals surface area (Å²) in [5.74, 6) is -1.20. The molecule has 0 spiro atoms. The lowest BCUT2D eigenvalue weighted by atomic mass is 10.0. The molecule has 1 fully saturated rings. The first-order valence-electron chi connectivity index (χ1n) is 8.23. The van der Waals surface area contributed by atoms with E-state index in [4.69, 9.17) is 9.47 Å². The van der Waals surface area contributed by atoms with Gasteiger partial charge in [0.15, 0.2) is 23.2 Å². The van der Waals surface area contributed by atoms with Crippen molar-refractivity contribution in [2.75, 3.05) is 27.3 Å². The maximum atomic E-state index is 12.4. The summed E-state index contributed by atoms with van der Waals surface area (Å²) >= 11 is 0. The fourth-order valence-corrected chi connectivity index (χ4v) is 2.85. The van der Waals surface area contributed by atoms with Crippen molar-refractivity contribution in [3.8, 4) is 17.6 Å². The standard InChI is InChI=1S/C19H22N2O4/c1-24-17-8-6-7-14(18(17)25-2)9-10-16(22)15(13-20)19(23)21-11-4-3-5-12-21/h6-10,15H,3-5,11-12H2,1-2H3/b10-9+/t15-/m0/s1. The Labute approximate surface area is 147 Å². The van der Waals surface area contributed by atoms with Gasteiger partial charge in [-0.15, -0.1) is 0 Å². The van der Waals surface area contributed by atoms with Gasteiger partial charge in [-0.2, -0.15) is 5.26 Å². The van der Waals surface area contributed by atoms with Gasteiger partial charge in [-0.1, -0.05) is 12.1 Å². The highest BCUT2D eigenvalue weighted by molar-refractivity contribution is 6.10. The Hall–Kier alpha value is -2.81. The monoisotopic (exact) mass is 342 g/mol. The Balaban J connectivity index is 2.15. The predicted octanol–water partition coefficient (Wildman–Crippen LogP) is 2.44. The molecular formula is C19H22N2O4. The molecule has 1 aliphatic rings. The number of ketones is 1. The first kappa shape index (κ1) is 18.5. The van der Waals surface area contributed by atoms with Crippen LogP contribution in [0.4, 0.5) is 0 Å². The minimum atomic E-state index is -1.30. The Morgan fingerprint density at radius 2 is 1.92 bits per heavy atom. The van der Waals surface area contributed by atoms with Gasteiger partial charge in [0, 0.05) is 18.7 Å². The highest BCUT2D eigenvalue weighted by atomic mass is 16.5. The minimum absolute atomic E-state index is 0.408. The first-order valence-corrected chi connectivity index (χ1v) is 8.23. The van der Waals surface area contributed by atoms with Crippen molar-refractivity contribution < 1.29 is 19.1 Å². The molecule has 0 unspecified atom stereocenters. The third kappa shape index (κ3) is 4.38. The second-order valence-corrected chi connectivity index (χ2v) is 5.77. The lowest BCUT2D eigenvalue weighted by molar-refractivity contribution is -0.138. The molecule has 0 saturated carbocycles. The predicted molar refractivity (Wildman–Crippen MR) is 93.1 cm³/mol. The van der Waals surface area contributed by atoms with Crippen LogP contribution in [0.15, 0.2) is 24.3 Å². The van der Waals surface area contributed by atoms with Gasteiger partial charge in [0.2, 0.25) is 5.91 Å². The second-order valence-electron chi connectivity index (χ2n) is 5.77. The fourth-order valence-electron chi connectivity index (χ4n) is 2.85. The second kappa shape index (κ2) is 8.88. The van der Waals surface area contributed by atoms with Crippen molar-refractivity contribution in [3.05, 3.63) is 29.8 Å². The number of carbonyl (C=O) groups excluding carboxylic acids is 2. The van der Waals surface area contributed by atoms with Crippen LogP contribution in [0.25, 0.3) is 6.08 Å². The summed E-state index contributed by atoms with van der Waals surface area (Å²) in [6.45, 7) is 1.22. The topological polar surface area (TPSA) is 79.6 Å². The van der Waals surface area contributed by atoms with Crippen LogP contribution in [-0.2, 0) is 9.59 Å². The molecule has 25 heavy (non-hydrogen) atoms. The number of nitriles is 1. The Morgan fingerprint density at radius 1 is 1.20 bits per heavy atom. The fraction of sp³-hybridized carbons (Fsp3) is 0.421. The van der Waals surface area contributed by atoms with E-state index >= 15 is 0 Å². The molecule has 1 atom stereocenters. The molecule has 6 nitrogen and oxygen atoms in total. The third-order valence-corrected chi connectivity index (χ3v) is 4.19. The molecule has 0 bridgehead atoms. The number of allylic oxidation sites excluding steroid dienone is 1. The Kier molecular flexibility index (Phi) is 6.58. The van der Waals surface area contributed by atoms with Gasteiger partial charge in [0.25, 0.3) is 0 Å². The summed E-state index contributed by atoms with van der Waals surface area (Å²) < 4.78 is 10.5. The highest BCUT2D eigenvalue weighted by Gasteiger charge is 2.29. The van der Waals surface area contributed by atoms with Crippen LogP contribution in [0.2, 0.25) is 0 Å². The molecule has 0 radical (unpaired) electrons. The summed E-state index contributed by atoms with van der Waals surface area (Å²) in [4.78, 5) is 26.4. The minimum Gasteiger partial charge on any atom is -0.493 e. The van der Waals surface area contributed by atoms with Crippen molar-refractivity contribution in [3.63, 3.8) is 0 Å². The summed E-state index contributed by atoms with van der Waals surface area (Å²) in [6.07, 6.45) is 5.69. The average Bonchev–Trinajstić information content (AvgIpc) is 2.66. The molecule has 1 aromatic rings. The maximum Gasteiger partial charge on any atom is 0.247 e. The van der Waals surface area contributed by atoms with Crippen LogP contribution in [0.5, 0.6) is 11.5 Å². The van der Waals surface area contributed by atoms with Gasteiger partial charge in [0.1, 0.15) is 0 Å². The van der Waals surface area contributed by atoms with E-state index in [1.165, 1.54) is 26.4 Å². The molecule has 0 aliphatic carbocycles. The van der Waals surface area contributed by atoms with Gasteiger partial charge in [-0.25, -0.2) is 0 Å². The number of ether oxygens (including phenoxy) is 2. The molecule has 0 N–H and O–H groups in total. The van der Waals surface area contributed by atoms with Crippen molar-refractivity contribution in [2.45, 2.75) is 19.3 Å². The van der Waals surface area contributed by atoms with Crippen molar-refractivity contribution >= 4 is 17.8 Å². The smallest absolute Gasteiger partial charge is 0.247 e. The van der Waals surface area contributed by atoms with Crippen LogP contribution in [0.1, 0.15) is 24.8 Å². The molecule has 132 valence electrons. The molecule has 2 rings (SSSR count). The normalized spacial score (nSPS) is 15.5. The first-order chi connectivity index (χ1) is 12.1. The lowest BCUT2D eigenvalue weighted by Gasteiger charge is -2.27. The highest BCUT2D eigenvalue weighted by Crippen LogP contribution is 2.31. The Morgan fingerprint density at radius 3 is 2.52 bits per heavy atom. The van der Waals surface area contributed by atoms with E-state index in [-0.39, 0.29) is 0 Å². The molecule has 6 heteroatoms.